The molecule has 0 radical (unpaired) electrons. The van der Waals surface area contributed by atoms with E-state index in [9.17, 15) is 9.90 Å². The van der Waals surface area contributed by atoms with Gasteiger partial charge in [0.05, 0.1) is 0 Å². The molecule has 0 bridgehead atoms. The summed E-state index contributed by atoms with van der Waals surface area (Å²) in [6, 6.07) is 1.93. The van der Waals surface area contributed by atoms with Gasteiger partial charge in [-0.3, -0.25) is 0 Å². The van der Waals surface area contributed by atoms with Crippen LogP contribution in [-0.2, 0) is 11.2 Å². The zero-order chi connectivity index (χ0) is 10.9. The molecule has 0 spiro atoms. The largest absolute Gasteiger partial charge is 0.479 e. The first kappa shape index (κ1) is 11.2. The van der Waals surface area contributed by atoms with Gasteiger partial charge in [0.1, 0.15) is 0 Å². The molecule has 14 heavy (non-hydrogen) atoms. The molecular weight excluding hydrogens is 200 g/mol. The van der Waals surface area contributed by atoms with E-state index in [-0.39, 0.29) is 6.42 Å². The van der Waals surface area contributed by atoms with Crippen molar-refractivity contribution in [3.63, 3.8) is 0 Å². The van der Waals surface area contributed by atoms with Crippen molar-refractivity contribution in [3.05, 3.63) is 21.4 Å². The second-order valence-electron chi connectivity index (χ2n) is 3.69. The molecule has 0 aliphatic heterocycles. The van der Waals surface area contributed by atoms with Crippen molar-refractivity contribution in [2.45, 2.75) is 32.8 Å². The van der Waals surface area contributed by atoms with Gasteiger partial charge in [0, 0.05) is 16.2 Å². The smallest absolute Gasteiger partial charge is 0.335 e. The van der Waals surface area contributed by atoms with Gasteiger partial charge in [0.15, 0.2) is 5.60 Å². The maximum atomic E-state index is 10.7. The van der Waals surface area contributed by atoms with Gasteiger partial charge in [0.2, 0.25) is 0 Å². The molecule has 78 valence electrons. The number of aliphatic carboxylic acids is 1. The standard InChI is InChI=1S/C10H14O3S/c1-6-4-8(7(2)14-6)5-10(3,13)9(11)12/h4,13H,5H2,1-3H3,(H,11,12). The van der Waals surface area contributed by atoms with Gasteiger partial charge >= 0.3 is 5.97 Å². The Morgan fingerprint density at radius 2 is 2.14 bits per heavy atom. The van der Waals surface area contributed by atoms with E-state index in [1.807, 2.05) is 19.9 Å². The Labute approximate surface area is 87.0 Å². The van der Waals surface area contributed by atoms with Gasteiger partial charge in [-0.15, -0.1) is 11.3 Å². The number of hydrogen-bond acceptors (Lipinski definition) is 3. The normalized spacial score (nSPS) is 15.1. The summed E-state index contributed by atoms with van der Waals surface area (Å²) < 4.78 is 0. The van der Waals surface area contributed by atoms with Crippen LogP contribution >= 0.6 is 11.3 Å². The van der Waals surface area contributed by atoms with Gasteiger partial charge in [-0.05, 0) is 32.4 Å². The summed E-state index contributed by atoms with van der Waals surface area (Å²) in [5.74, 6) is -1.18. The first-order chi connectivity index (χ1) is 6.33. The van der Waals surface area contributed by atoms with Crippen molar-refractivity contribution in [2.75, 3.05) is 0 Å². The fourth-order valence-corrected chi connectivity index (χ4v) is 2.25. The van der Waals surface area contributed by atoms with Crippen LogP contribution in [0.5, 0.6) is 0 Å². The summed E-state index contributed by atoms with van der Waals surface area (Å²) in [7, 11) is 0. The number of aliphatic hydroxyl groups is 1. The van der Waals surface area contributed by atoms with Gasteiger partial charge < -0.3 is 10.2 Å². The highest BCUT2D eigenvalue weighted by Crippen LogP contribution is 2.24. The topological polar surface area (TPSA) is 57.5 Å². The molecule has 0 aromatic carbocycles. The zero-order valence-corrected chi connectivity index (χ0v) is 9.31. The van der Waals surface area contributed by atoms with E-state index in [1.54, 1.807) is 11.3 Å². The highest BCUT2D eigenvalue weighted by molar-refractivity contribution is 7.12. The molecule has 0 saturated carbocycles. The van der Waals surface area contributed by atoms with Crippen LogP contribution in [0.25, 0.3) is 0 Å². The van der Waals surface area contributed by atoms with Crippen LogP contribution in [0.4, 0.5) is 0 Å². The molecule has 0 fully saturated rings. The minimum Gasteiger partial charge on any atom is -0.479 e. The summed E-state index contributed by atoms with van der Waals surface area (Å²) in [4.78, 5) is 12.9. The molecule has 4 heteroatoms. The molecule has 1 heterocycles. The van der Waals surface area contributed by atoms with Crippen LogP contribution in [0, 0.1) is 13.8 Å². The highest BCUT2D eigenvalue weighted by atomic mass is 32.1. The third kappa shape index (κ3) is 2.33. The predicted octanol–water partition coefficient (Wildman–Crippen LogP) is 1.74. The van der Waals surface area contributed by atoms with Crippen molar-refractivity contribution in [3.8, 4) is 0 Å². The Morgan fingerprint density at radius 1 is 1.57 bits per heavy atom. The lowest BCUT2D eigenvalue weighted by Crippen LogP contribution is -2.37. The summed E-state index contributed by atoms with van der Waals surface area (Å²) >= 11 is 1.62. The highest BCUT2D eigenvalue weighted by Gasteiger charge is 2.30. The summed E-state index contributed by atoms with van der Waals surface area (Å²) in [5.41, 5.74) is -0.752. The average molecular weight is 214 g/mol. The number of aryl methyl sites for hydroxylation is 2. The second kappa shape index (κ2) is 3.71. The van der Waals surface area contributed by atoms with Gasteiger partial charge in [0.25, 0.3) is 0 Å². The summed E-state index contributed by atoms with van der Waals surface area (Å²) in [6.07, 6.45) is 0.165. The molecule has 0 saturated heterocycles. The molecule has 1 aromatic rings. The van der Waals surface area contributed by atoms with Crippen molar-refractivity contribution in [1.82, 2.24) is 0 Å². The third-order valence-electron chi connectivity index (χ3n) is 2.14. The van der Waals surface area contributed by atoms with Crippen LogP contribution in [0.15, 0.2) is 6.07 Å². The monoisotopic (exact) mass is 214 g/mol. The molecule has 1 rings (SSSR count). The van der Waals surface area contributed by atoms with E-state index in [2.05, 4.69) is 0 Å². The molecule has 1 atom stereocenters. The molecule has 3 nitrogen and oxygen atoms in total. The maximum absolute atomic E-state index is 10.7. The van der Waals surface area contributed by atoms with E-state index in [1.165, 1.54) is 6.92 Å². The first-order valence-corrected chi connectivity index (χ1v) is 5.16. The lowest BCUT2D eigenvalue weighted by Gasteiger charge is -2.17. The van der Waals surface area contributed by atoms with Crippen LogP contribution < -0.4 is 0 Å². The third-order valence-corrected chi connectivity index (χ3v) is 3.15. The molecule has 0 amide bonds. The molecule has 0 aliphatic carbocycles. The number of rotatable bonds is 3. The predicted molar refractivity (Wildman–Crippen MR) is 55.8 cm³/mol. The minimum absolute atomic E-state index is 0.165. The number of carbonyl (C=O) groups is 1. The Bertz CT molecular complexity index is 352. The molecule has 0 aliphatic rings. The van der Waals surface area contributed by atoms with Crippen molar-refractivity contribution < 1.29 is 15.0 Å². The van der Waals surface area contributed by atoms with E-state index in [0.29, 0.717) is 0 Å². The quantitative estimate of drug-likeness (QED) is 0.805. The molecule has 1 aromatic heterocycles. The van der Waals surface area contributed by atoms with Crippen molar-refractivity contribution in [2.24, 2.45) is 0 Å². The fourth-order valence-electron chi connectivity index (χ4n) is 1.31. The zero-order valence-electron chi connectivity index (χ0n) is 8.50. The summed E-state index contributed by atoms with van der Waals surface area (Å²) in [5, 5.41) is 18.3. The Hall–Kier alpha value is -0.870. The summed E-state index contributed by atoms with van der Waals surface area (Å²) in [6.45, 7) is 5.23. The van der Waals surface area contributed by atoms with Crippen molar-refractivity contribution in [1.29, 1.82) is 0 Å². The van der Waals surface area contributed by atoms with Crippen LogP contribution in [-0.4, -0.2) is 21.8 Å². The number of thiophene rings is 1. The van der Waals surface area contributed by atoms with Crippen LogP contribution in [0.2, 0.25) is 0 Å². The molecule has 1 unspecified atom stereocenters. The van der Waals surface area contributed by atoms with Crippen LogP contribution in [0.1, 0.15) is 22.2 Å². The maximum Gasteiger partial charge on any atom is 0.335 e. The lowest BCUT2D eigenvalue weighted by atomic mass is 9.97. The Morgan fingerprint density at radius 3 is 2.50 bits per heavy atom. The lowest BCUT2D eigenvalue weighted by molar-refractivity contribution is -0.156. The second-order valence-corrected chi connectivity index (χ2v) is 5.15. The SMILES string of the molecule is Cc1cc(CC(C)(O)C(=O)O)c(C)s1. The minimum atomic E-state index is -1.67. The van der Waals surface area contributed by atoms with E-state index >= 15 is 0 Å². The van der Waals surface area contributed by atoms with Crippen molar-refractivity contribution >= 4 is 17.3 Å². The Kier molecular flexibility index (Phi) is 2.97. The number of carboxylic acids is 1. The molecular formula is C10H14O3S. The first-order valence-electron chi connectivity index (χ1n) is 4.34. The average Bonchev–Trinajstić information content (AvgIpc) is 2.29. The Balaban J connectivity index is 2.88. The number of hydrogen-bond donors (Lipinski definition) is 2. The van der Waals surface area contributed by atoms with Gasteiger partial charge in [-0.2, -0.15) is 0 Å². The molecule has 2 N–H and O–H groups in total. The van der Waals surface area contributed by atoms with E-state index < -0.39 is 11.6 Å². The van der Waals surface area contributed by atoms with E-state index in [0.717, 1.165) is 15.3 Å². The van der Waals surface area contributed by atoms with Gasteiger partial charge in [-0.25, -0.2) is 4.79 Å². The van der Waals surface area contributed by atoms with Crippen LogP contribution in [0.3, 0.4) is 0 Å². The fraction of sp³-hybridized carbons (Fsp3) is 0.500. The number of carboxylic acid groups (broad SMARTS) is 1. The van der Waals surface area contributed by atoms with E-state index in [4.69, 9.17) is 5.11 Å². The van der Waals surface area contributed by atoms with Gasteiger partial charge in [-0.1, -0.05) is 0 Å².